The molecule has 0 unspecified atom stereocenters. The first-order valence-corrected chi connectivity index (χ1v) is 5.99. The van der Waals surface area contributed by atoms with Crippen LogP contribution in [0.25, 0.3) is 0 Å². The molecule has 0 saturated heterocycles. The maximum Gasteiger partial charge on any atom is 0.303 e. The first-order chi connectivity index (χ1) is 7.18. The number of nitrogens with zero attached hydrogens (tertiary/aromatic N) is 1. The molecule has 0 saturated carbocycles. The van der Waals surface area contributed by atoms with Crippen LogP contribution in [0.4, 0.5) is 0 Å². The van der Waals surface area contributed by atoms with E-state index >= 15 is 0 Å². The topological polar surface area (TPSA) is 40.5 Å². The van der Waals surface area contributed by atoms with Crippen LogP contribution in [0.2, 0.25) is 0 Å². The van der Waals surface area contributed by atoms with Gasteiger partial charge in [0.05, 0.1) is 0 Å². The number of thiophene rings is 1. The monoisotopic (exact) mass is 263 g/mol. The molecule has 0 aliphatic heterocycles. The van der Waals surface area contributed by atoms with Gasteiger partial charge in [-0.1, -0.05) is 6.07 Å². The number of carboxylic acid groups (broad SMARTS) is 1. The lowest BCUT2D eigenvalue weighted by Gasteiger charge is -2.14. The van der Waals surface area contributed by atoms with Crippen LogP contribution >= 0.6 is 23.7 Å². The molecular weight excluding hydrogens is 246 g/mol. The molecule has 5 heteroatoms. The van der Waals surface area contributed by atoms with Crippen molar-refractivity contribution in [1.29, 1.82) is 0 Å². The fourth-order valence-electron chi connectivity index (χ4n) is 1.37. The second kappa shape index (κ2) is 8.56. The number of hydrogen-bond donors (Lipinski definition) is 1. The van der Waals surface area contributed by atoms with Gasteiger partial charge in [-0.25, -0.2) is 0 Å². The summed E-state index contributed by atoms with van der Waals surface area (Å²) in [6.45, 7) is 1.86. The van der Waals surface area contributed by atoms with Crippen LogP contribution in [-0.2, 0) is 11.2 Å². The van der Waals surface area contributed by atoms with Crippen molar-refractivity contribution >= 4 is 29.7 Å². The molecule has 0 aromatic carbocycles. The van der Waals surface area contributed by atoms with Gasteiger partial charge >= 0.3 is 5.97 Å². The molecule has 0 aliphatic carbocycles. The second-order valence-electron chi connectivity index (χ2n) is 3.63. The summed E-state index contributed by atoms with van der Waals surface area (Å²) < 4.78 is 0. The van der Waals surface area contributed by atoms with Gasteiger partial charge in [-0.15, -0.1) is 23.7 Å². The first kappa shape index (κ1) is 15.4. The minimum absolute atomic E-state index is 0. The van der Waals surface area contributed by atoms with Gasteiger partial charge < -0.3 is 10.0 Å². The molecule has 3 nitrogen and oxygen atoms in total. The lowest BCUT2D eigenvalue weighted by atomic mass is 10.3. The fraction of sp³-hybridized carbons (Fsp3) is 0.545. The molecule has 0 bridgehead atoms. The zero-order chi connectivity index (χ0) is 11.1. The lowest BCUT2D eigenvalue weighted by molar-refractivity contribution is -0.137. The van der Waals surface area contributed by atoms with Crippen LogP contribution in [0.1, 0.15) is 17.7 Å². The van der Waals surface area contributed by atoms with Gasteiger partial charge in [-0.05, 0) is 37.9 Å². The van der Waals surface area contributed by atoms with Crippen LogP contribution in [0.15, 0.2) is 17.5 Å². The normalized spacial score (nSPS) is 10.1. The van der Waals surface area contributed by atoms with Gasteiger partial charge in [0.1, 0.15) is 0 Å². The van der Waals surface area contributed by atoms with Gasteiger partial charge in [-0.3, -0.25) is 4.79 Å². The number of carboxylic acids is 1. The Morgan fingerprint density at radius 1 is 1.50 bits per heavy atom. The van der Waals surface area contributed by atoms with Crippen molar-refractivity contribution in [3.05, 3.63) is 22.4 Å². The van der Waals surface area contributed by atoms with Crippen molar-refractivity contribution < 1.29 is 9.90 Å². The Morgan fingerprint density at radius 2 is 2.25 bits per heavy atom. The van der Waals surface area contributed by atoms with Crippen molar-refractivity contribution in [3.8, 4) is 0 Å². The summed E-state index contributed by atoms with van der Waals surface area (Å²) in [5, 5.41) is 10.6. The highest BCUT2D eigenvalue weighted by molar-refractivity contribution is 7.09. The molecule has 92 valence electrons. The lowest BCUT2D eigenvalue weighted by Crippen LogP contribution is -2.22. The van der Waals surface area contributed by atoms with E-state index in [1.807, 2.05) is 7.05 Å². The Morgan fingerprint density at radius 3 is 2.81 bits per heavy atom. The molecular formula is C11H18ClNO2S. The summed E-state index contributed by atoms with van der Waals surface area (Å²) in [5.41, 5.74) is 0. The average Bonchev–Trinajstić information content (AvgIpc) is 2.66. The Hall–Kier alpha value is -0.580. The van der Waals surface area contributed by atoms with E-state index in [0.29, 0.717) is 0 Å². The van der Waals surface area contributed by atoms with E-state index in [4.69, 9.17) is 5.11 Å². The molecule has 0 radical (unpaired) electrons. The highest BCUT2D eigenvalue weighted by Gasteiger charge is 2.02. The summed E-state index contributed by atoms with van der Waals surface area (Å²) in [4.78, 5) is 13.9. The third-order valence-electron chi connectivity index (χ3n) is 2.25. The second-order valence-corrected chi connectivity index (χ2v) is 4.66. The molecule has 0 fully saturated rings. The minimum Gasteiger partial charge on any atom is -0.481 e. The number of carbonyl (C=O) groups is 1. The van der Waals surface area contributed by atoms with E-state index in [9.17, 15) is 4.79 Å². The van der Waals surface area contributed by atoms with E-state index in [0.717, 1.165) is 25.9 Å². The number of hydrogen-bond acceptors (Lipinski definition) is 3. The number of aliphatic carboxylic acids is 1. The summed E-state index contributed by atoms with van der Waals surface area (Å²) in [6, 6.07) is 4.19. The van der Waals surface area contributed by atoms with Gasteiger partial charge in [0.15, 0.2) is 0 Å². The smallest absolute Gasteiger partial charge is 0.303 e. The van der Waals surface area contributed by atoms with Gasteiger partial charge in [-0.2, -0.15) is 0 Å². The molecule has 1 aromatic heterocycles. The molecule has 0 atom stereocenters. The summed E-state index contributed by atoms with van der Waals surface area (Å²) in [5.74, 6) is -0.707. The Balaban J connectivity index is 0.00000225. The maximum atomic E-state index is 10.3. The van der Waals surface area contributed by atoms with E-state index in [1.165, 1.54) is 4.88 Å². The van der Waals surface area contributed by atoms with Crippen LogP contribution in [-0.4, -0.2) is 36.1 Å². The van der Waals surface area contributed by atoms with E-state index in [-0.39, 0.29) is 18.8 Å². The van der Waals surface area contributed by atoms with E-state index < -0.39 is 5.97 Å². The number of halogens is 1. The highest BCUT2D eigenvalue weighted by atomic mass is 35.5. The minimum atomic E-state index is -0.707. The molecule has 16 heavy (non-hydrogen) atoms. The van der Waals surface area contributed by atoms with Crippen molar-refractivity contribution in [2.24, 2.45) is 0 Å². The summed E-state index contributed by atoms with van der Waals surface area (Å²) in [6.07, 6.45) is 2.06. The van der Waals surface area contributed by atoms with Crippen LogP contribution in [0.3, 0.4) is 0 Å². The van der Waals surface area contributed by atoms with Crippen molar-refractivity contribution in [2.45, 2.75) is 19.3 Å². The zero-order valence-corrected chi connectivity index (χ0v) is 11.0. The number of likely N-dealkylation sites (N-methyl/N-ethyl adjacent to an activating group) is 1. The Labute approximate surface area is 106 Å². The first-order valence-electron chi connectivity index (χ1n) is 5.11. The molecule has 1 N–H and O–H groups in total. The van der Waals surface area contributed by atoms with Crippen molar-refractivity contribution in [2.75, 3.05) is 20.1 Å². The van der Waals surface area contributed by atoms with Gasteiger partial charge in [0, 0.05) is 17.8 Å². The maximum absolute atomic E-state index is 10.3. The average molecular weight is 264 g/mol. The molecule has 0 aliphatic rings. The largest absolute Gasteiger partial charge is 0.481 e. The summed E-state index contributed by atoms with van der Waals surface area (Å²) >= 11 is 1.77. The fourth-order valence-corrected chi connectivity index (χ4v) is 2.07. The van der Waals surface area contributed by atoms with Crippen molar-refractivity contribution in [3.63, 3.8) is 0 Å². The Kier molecular flexibility index (Phi) is 8.25. The number of rotatable bonds is 7. The van der Waals surface area contributed by atoms with Crippen LogP contribution < -0.4 is 0 Å². The van der Waals surface area contributed by atoms with E-state index in [2.05, 4.69) is 22.4 Å². The SMILES string of the molecule is CN(CCCC(=O)O)CCc1cccs1.Cl. The zero-order valence-electron chi connectivity index (χ0n) is 9.39. The van der Waals surface area contributed by atoms with Gasteiger partial charge in [0.25, 0.3) is 0 Å². The predicted octanol–water partition coefficient (Wildman–Crippen LogP) is 2.51. The molecule has 0 spiro atoms. The van der Waals surface area contributed by atoms with Crippen molar-refractivity contribution in [1.82, 2.24) is 4.90 Å². The third kappa shape index (κ3) is 6.82. The summed E-state index contributed by atoms with van der Waals surface area (Å²) in [7, 11) is 2.04. The molecule has 1 rings (SSSR count). The van der Waals surface area contributed by atoms with Gasteiger partial charge in [0.2, 0.25) is 0 Å². The molecule has 1 heterocycles. The quantitative estimate of drug-likeness (QED) is 0.822. The molecule has 0 amide bonds. The molecule has 1 aromatic rings. The predicted molar refractivity (Wildman–Crippen MR) is 69.6 cm³/mol. The van der Waals surface area contributed by atoms with Crippen LogP contribution in [0.5, 0.6) is 0 Å². The van der Waals surface area contributed by atoms with Crippen LogP contribution in [0, 0.1) is 0 Å². The highest BCUT2D eigenvalue weighted by Crippen LogP contribution is 2.09. The standard InChI is InChI=1S/C11H17NO2S.ClH/c1-12(7-2-5-11(13)14)8-6-10-4-3-9-15-10;/h3-4,9H,2,5-8H2,1H3,(H,13,14);1H. The third-order valence-corrected chi connectivity index (χ3v) is 3.19. The Bertz CT molecular complexity index is 290. The van der Waals surface area contributed by atoms with E-state index in [1.54, 1.807) is 11.3 Å².